The van der Waals surface area contributed by atoms with Gasteiger partial charge in [0, 0.05) is 9.26 Å². The predicted octanol–water partition coefficient (Wildman–Crippen LogP) is 2.28. The van der Waals surface area contributed by atoms with E-state index in [1.54, 1.807) is 6.07 Å². The number of anilines is 1. The van der Waals surface area contributed by atoms with Gasteiger partial charge in [0.05, 0.1) is 11.8 Å². The van der Waals surface area contributed by atoms with Crippen molar-refractivity contribution in [2.45, 2.75) is 6.42 Å². The van der Waals surface area contributed by atoms with E-state index in [2.05, 4.69) is 40.1 Å². The van der Waals surface area contributed by atoms with Crippen molar-refractivity contribution < 1.29 is 14.4 Å². The molecule has 5 nitrogen and oxygen atoms in total. The maximum absolute atomic E-state index is 12.8. The maximum Gasteiger partial charge on any atom is 0.244 e. The average molecular weight is 448 g/mol. The molecule has 25 heavy (non-hydrogen) atoms. The number of rotatable bonds is 3. The quantitative estimate of drug-likeness (QED) is 0.439. The molecule has 4 aliphatic carbocycles. The van der Waals surface area contributed by atoms with Crippen molar-refractivity contribution in [2.24, 2.45) is 35.5 Å². The lowest BCUT2D eigenvalue weighted by Gasteiger charge is -2.37. The van der Waals surface area contributed by atoms with Crippen LogP contribution in [0.3, 0.4) is 0 Å². The highest BCUT2D eigenvalue weighted by Crippen LogP contribution is 2.65. The molecule has 1 saturated heterocycles. The number of imide groups is 1. The summed E-state index contributed by atoms with van der Waals surface area (Å²) in [5.74, 6) is 0.429. The fourth-order valence-electron chi connectivity index (χ4n) is 5.08. The van der Waals surface area contributed by atoms with Gasteiger partial charge < -0.3 is 5.32 Å². The molecule has 6 rings (SSSR count). The lowest BCUT2D eigenvalue weighted by atomic mass is 9.63. The molecule has 1 aliphatic heterocycles. The van der Waals surface area contributed by atoms with Crippen LogP contribution in [0.25, 0.3) is 0 Å². The molecule has 1 aromatic rings. The van der Waals surface area contributed by atoms with Crippen molar-refractivity contribution in [3.05, 3.63) is 40.0 Å². The van der Waals surface area contributed by atoms with Crippen LogP contribution in [0.5, 0.6) is 0 Å². The molecule has 2 saturated carbocycles. The molecule has 3 amide bonds. The van der Waals surface area contributed by atoms with E-state index in [0.29, 0.717) is 17.5 Å². The van der Waals surface area contributed by atoms with Crippen molar-refractivity contribution in [1.29, 1.82) is 0 Å². The van der Waals surface area contributed by atoms with E-state index in [-0.39, 0.29) is 47.9 Å². The van der Waals surface area contributed by atoms with Crippen LogP contribution in [-0.2, 0) is 14.4 Å². The van der Waals surface area contributed by atoms with Gasteiger partial charge in [-0.1, -0.05) is 18.2 Å². The van der Waals surface area contributed by atoms with Gasteiger partial charge in [0.25, 0.3) is 0 Å². The molecule has 128 valence electrons. The van der Waals surface area contributed by atoms with Gasteiger partial charge in [-0.15, -0.1) is 0 Å². The Morgan fingerprint density at radius 3 is 2.36 bits per heavy atom. The molecule has 3 fully saturated rings. The Morgan fingerprint density at radius 1 is 1.12 bits per heavy atom. The van der Waals surface area contributed by atoms with Crippen LogP contribution in [0, 0.1) is 39.1 Å². The summed E-state index contributed by atoms with van der Waals surface area (Å²) >= 11 is 2.17. The Bertz CT molecular complexity index is 800. The van der Waals surface area contributed by atoms with Crippen molar-refractivity contribution in [3.63, 3.8) is 0 Å². The molecule has 1 heterocycles. The Kier molecular flexibility index (Phi) is 3.36. The lowest BCUT2D eigenvalue weighted by Crippen LogP contribution is -2.40. The summed E-state index contributed by atoms with van der Waals surface area (Å²) in [4.78, 5) is 39.2. The molecule has 1 aromatic carbocycles. The Labute approximate surface area is 159 Å². The molecule has 5 aliphatic rings. The van der Waals surface area contributed by atoms with E-state index in [0.717, 1.165) is 9.99 Å². The van der Waals surface area contributed by atoms with Crippen LogP contribution in [-0.4, -0.2) is 29.2 Å². The zero-order valence-electron chi connectivity index (χ0n) is 13.4. The third-order valence-corrected chi connectivity index (χ3v) is 6.84. The Balaban J connectivity index is 1.33. The SMILES string of the molecule is O=C(CN1C(=O)[C@@H]2[C@H]3C=C[C@@H]([C@@H]4C[C@@H]34)[C@H]2C1=O)Nc1cccc(I)c1. The van der Waals surface area contributed by atoms with Gasteiger partial charge in [-0.2, -0.15) is 0 Å². The molecule has 6 heteroatoms. The largest absolute Gasteiger partial charge is 0.324 e. The van der Waals surface area contributed by atoms with Gasteiger partial charge in [0.1, 0.15) is 6.54 Å². The Morgan fingerprint density at radius 2 is 1.76 bits per heavy atom. The van der Waals surface area contributed by atoms with Crippen LogP contribution in [0.4, 0.5) is 5.69 Å². The number of nitrogens with one attached hydrogen (secondary N) is 1. The van der Waals surface area contributed by atoms with E-state index < -0.39 is 0 Å². The van der Waals surface area contributed by atoms with Gasteiger partial charge >= 0.3 is 0 Å². The van der Waals surface area contributed by atoms with Crippen molar-refractivity contribution in [1.82, 2.24) is 4.90 Å². The zero-order valence-corrected chi connectivity index (χ0v) is 15.5. The minimum absolute atomic E-state index is 0.155. The fourth-order valence-corrected chi connectivity index (χ4v) is 5.63. The van der Waals surface area contributed by atoms with Crippen molar-refractivity contribution in [3.8, 4) is 0 Å². The molecular weight excluding hydrogens is 431 g/mol. The highest BCUT2D eigenvalue weighted by Gasteiger charge is 2.67. The second-order valence-electron chi connectivity index (χ2n) is 7.48. The van der Waals surface area contributed by atoms with Crippen LogP contribution in [0.2, 0.25) is 0 Å². The fraction of sp³-hybridized carbons (Fsp3) is 0.421. The van der Waals surface area contributed by atoms with E-state index in [1.165, 1.54) is 4.90 Å². The zero-order chi connectivity index (χ0) is 17.3. The summed E-state index contributed by atoms with van der Waals surface area (Å²) in [7, 11) is 0. The van der Waals surface area contributed by atoms with Gasteiger partial charge in [-0.3, -0.25) is 19.3 Å². The number of amides is 3. The average Bonchev–Trinajstić information content (AvgIpc) is 3.36. The topological polar surface area (TPSA) is 66.5 Å². The van der Waals surface area contributed by atoms with Crippen LogP contribution < -0.4 is 5.32 Å². The number of hydrogen-bond donors (Lipinski definition) is 1. The molecule has 2 bridgehead atoms. The summed E-state index contributed by atoms with van der Waals surface area (Å²) in [5.41, 5.74) is 0.677. The van der Waals surface area contributed by atoms with Gasteiger partial charge in [-0.25, -0.2) is 0 Å². The number of nitrogens with zero attached hydrogens (tertiary/aromatic N) is 1. The van der Waals surface area contributed by atoms with E-state index in [9.17, 15) is 14.4 Å². The van der Waals surface area contributed by atoms with Gasteiger partial charge in [0.15, 0.2) is 0 Å². The van der Waals surface area contributed by atoms with Crippen LogP contribution in [0.1, 0.15) is 6.42 Å². The highest BCUT2D eigenvalue weighted by atomic mass is 127. The summed E-state index contributed by atoms with van der Waals surface area (Å²) in [6.07, 6.45) is 5.42. The third-order valence-electron chi connectivity index (χ3n) is 6.16. The minimum atomic E-state index is -0.326. The first-order chi connectivity index (χ1) is 12.0. The van der Waals surface area contributed by atoms with Gasteiger partial charge in [0.2, 0.25) is 17.7 Å². The number of halogens is 1. The number of carbonyl (C=O) groups excluding carboxylic acids is 3. The summed E-state index contributed by atoms with van der Waals surface area (Å²) < 4.78 is 1.01. The van der Waals surface area contributed by atoms with Crippen LogP contribution >= 0.6 is 22.6 Å². The normalized spacial score (nSPS) is 37.1. The van der Waals surface area contributed by atoms with E-state index >= 15 is 0 Å². The molecule has 6 atom stereocenters. The Hall–Kier alpha value is -1.70. The van der Waals surface area contributed by atoms with Crippen LogP contribution in [0.15, 0.2) is 36.4 Å². The number of carbonyl (C=O) groups is 3. The lowest BCUT2D eigenvalue weighted by molar-refractivity contribution is -0.142. The van der Waals surface area contributed by atoms with Gasteiger partial charge in [-0.05, 0) is 70.9 Å². The standard InChI is InChI=1S/C19H17IN2O3/c20-9-2-1-3-10(6-9)21-15(23)8-22-18(24)16-11-4-5-12(14-7-13(11)14)17(16)19(22)25/h1-6,11-14,16-17H,7-8H2,(H,21,23)/t11-,12-,13-,14-,16+,17+/m0/s1. The first-order valence-electron chi connectivity index (χ1n) is 8.63. The number of hydrogen-bond acceptors (Lipinski definition) is 3. The maximum atomic E-state index is 12.8. The molecular formula is C19H17IN2O3. The molecule has 0 unspecified atom stereocenters. The highest BCUT2D eigenvalue weighted by molar-refractivity contribution is 14.1. The number of benzene rings is 1. The molecule has 0 spiro atoms. The third kappa shape index (κ3) is 2.29. The van der Waals surface area contributed by atoms with E-state index in [1.807, 2.05) is 18.2 Å². The van der Waals surface area contributed by atoms with E-state index in [4.69, 9.17) is 0 Å². The molecule has 1 N–H and O–H groups in total. The van der Waals surface area contributed by atoms with Crippen molar-refractivity contribution in [2.75, 3.05) is 11.9 Å². The monoisotopic (exact) mass is 448 g/mol. The first-order valence-corrected chi connectivity index (χ1v) is 9.71. The number of allylic oxidation sites excluding steroid dienone is 2. The second-order valence-corrected chi connectivity index (χ2v) is 8.72. The minimum Gasteiger partial charge on any atom is -0.324 e. The predicted molar refractivity (Wildman–Crippen MR) is 99.2 cm³/mol. The first kappa shape index (κ1) is 15.5. The molecule has 0 aromatic heterocycles. The summed E-state index contributed by atoms with van der Waals surface area (Å²) in [5, 5.41) is 2.78. The van der Waals surface area contributed by atoms with Crippen molar-refractivity contribution >= 4 is 46.0 Å². The summed E-state index contributed by atoms with van der Waals surface area (Å²) in [6, 6.07) is 7.44. The summed E-state index contributed by atoms with van der Waals surface area (Å²) in [6.45, 7) is -0.190. The second kappa shape index (κ2) is 5.40. The molecule has 0 radical (unpaired) electrons. The number of likely N-dealkylation sites (tertiary alicyclic amines) is 1. The smallest absolute Gasteiger partial charge is 0.244 e.